The van der Waals surface area contributed by atoms with Crippen LogP contribution >= 0.6 is 11.3 Å². The van der Waals surface area contributed by atoms with Crippen LogP contribution in [0.5, 0.6) is 0 Å². The van der Waals surface area contributed by atoms with E-state index in [4.69, 9.17) is 0 Å². The zero-order chi connectivity index (χ0) is 20.3. The van der Waals surface area contributed by atoms with Crippen LogP contribution in [0.4, 0.5) is 5.13 Å². The number of amides is 1. The summed E-state index contributed by atoms with van der Waals surface area (Å²) < 4.78 is 0. The summed E-state index contributed by atoms with van der Waals surface area (Å²) in [5.74, 6) is -0.241. The van der Waals surface area contributed by atoms with Gasteiger partial charge in [-0.05, 0) is 23.3 Å². The molecule has 2 aromatic heterocycles. The summed E-state index contributed by atoms with van der Waals surface area (Å²) in [5.41, 5.74) is 11.3. The molecule has 0 bridgehead atoms. The molecular formula is C24H18N4OS. The van der Waals surface area contributed by atoms with Crippen LogP contribution in [-0.4, -0.2) is 15.9 Å². The topological polar surface area (TPSA) is 69.8 Å². The average Bonchev–Trinajstić information content (AvgIpc) is 3.45. The van der Waals surface area contributed by atoms with E-state index in [0.717, 1.165) is 22.2 Å². The molecule has 5 rings (SSSR count). The SMILES string of the molecule is O=C(NNc1nc(-c2ccc(-c3ccccc3)cc2)cs1)c1cc2ccccc2[nH]1. The molecule has 0 aliphatic carbocycles. The lowest BCUT2D eigenvalue weighted by Gasteiger charge is -2.04. The van der Waals surface area contributed by atoms with Crippen LogP contribution in [0.25, 0.3) is 33.3 Å². The molecule has 0 spiro atoms. The van der Waals surface area contributed by atoms with Crippen molar-refractivity contribution in [1.82, 2.24) is 15.4 Å². The number of H-pyrrole nitrogens is 1. The lowest BCUT2D eigenvalue weighted by atomic mass is 10.0. The first-order valence-corrected chi connectivity index (χ1v) is 10.4. The van der Waals surface area contributed by atoms with Gasteiger partial charge in [-0.25, -0.2) is 4.98 Å². The Morgan fingerprint density at radius 2 is 1.53 bits per heavy atom. The van der Waals surface area contributed by atoms with Gasteiger partial charge in [-0.3, -0.25) is 15.6 Å². The number of fused-ring (bicyclic) bond motifs is 1. The van der Waals surface area contributed by atoms with Gasteiger partial charge in [0, 0.05) is 21.8 Å². The number of nitrogens with one attached hydrogen (secondary N) is 3. The molecular weight excluding hydrogens is 392 g/mol. The van der Waals surface area contributed by atoms with Crippen LogP contribution in [0.3, 0.4) is 0 Å². The third-order valence-electron chi connectivity index (χ3n) is 4.85. The van der Waals surface area contributed by atoms with Crippen molar-refractivity contribution in [3.63, 3.8) is 0 Å². The van der Waals surface area contributed by atoms with Crippen LogP contribution < -0.4 is 10.9 Å². The Balaban J connectivity index is 1.26. The normalized spacial score (nSPS) is 10.8. The highest BCUT2D eigenvalue weighted by Gasteiger charge is 2.10. The minimum Gasteiger partial charge on any atom is -0.350 e. The minimum atomic E-state index is -0.241. The Morgan fingerprint density at radius 1 is 0.833 bits per heavy atom. The molecule has 0 saturated carbocycles. The molecule has 0 atom stereocenters. The van der Waals surface area contributed by atoms with Crippen molar-refractivity contribution in [3.05, 3.63) is 96.0 Å². The number of thiazole rings is 1. The van der Waals surface area contributed by atoms with Crippen LogP contribution in [0.1, 0.15) is 10.5 Å². The number of aromatic amines is 1. The van der Waals surface area contributed by atoms with Crippen molar-refractivity contribution < 1.29 is 4.79 Å². The number of hydrazine groups is 1. The number of nitrogens with zero attached hydrogens (tertiary/aromatic N) is 1. The number of anilines is 1. The molecule has 0 fully saturated rings. The first-order valence-electron chi connectivity index (χ1n) is 9.52. The molecule has 0 radical (unpaired) electrons. The predicted octanol–water partition coefficient (Wildman–Crippen LogP) is 5.72. The molecule has 6 heteroatoms. The Kier molecular flexibility index (Phi) is 4.75. The van der Waals surface area contributed by atoms with Gasteiger partial charge in [0.1, 0.15) is 5.69 Å². The van der Waals surface area contributed by atoms with E-state index in [1.807, 2.05) is 53.9 Å². The second-order valence-corrected chi connectivity index (χ2v) is 7.69. The Hall–Kier alpha value is -3.90. The maximum Gasteiger partial charge on any atom is 0.286 e. The van der Waals surface area contributed by atoms with Crippen LogP contribution in [0.2, 0.25) is 0 Å². The fourth-order valence-corrected chi connectivity index (χ4v) is 3.97. The smallest absolute Gasteiger partial charge is 0.286 e. The van der Waals surface area contributed by atoms with Crippen molar-refractivity contribution in [1.29, 1.82) is 0 Å². The largest absolute Gasteiger partial charge is 0.350 e. The monoisotopic (exact) mass is 410 g/mol. The number of aromatic nitrogens is 2. The first-order chi connectivity index (χ1) is 14.8. The summed E-state index contributed by atoms with van der Waals surface area (Å²) >= 11 is 1.44. The summed E-state index contributed by atoms with van der Waals surface area (Å²) in [5, 5.41) is 3.59. The van der Waals surface area contributed by atoms with Gasteiger partial charge >= 0.3 is 0 Å². The molecule has 0 unspecified atom stereocenters. The number of hydrogen-bond acceptors (Lipinski definition) is 4. The molecule has 0 aliphatic heterocycles. The van der Waals surface area contributed by atoms with Crippen molar-refractivity contribution >= 4 is 33.3 Å². The zero-order valence-corrected chi connectivity index (χ0v) is 16.7. The quantitative estimate of drug-likeness (QED) is 0.325. The number of hydrogen-bond donors (Lipinski definition) is 3. The third kappa shape index (κ3) is 3.68. The van der Waals surface area contributed by atoms with E-state index in [-0.39, 0.29) is 5.91 Å². The maximum atomic E-state index is 12.4. The van der Waals surface area contributed by atoms with Crippen molar-refractivity contribution in [2.75, 3.05) is 5.43 Å². The number of para-hydroxylation sites is 1. The second-order valence-electron chi connectivity index (χ2n) is 6.83. The molecule has 3 aromatic carbocycles. The predicted molar refractivity (Wildman–Crippen MR) is 122 cm³/mol. The van der Waals surface area contributed by atoms with Gasteiger partial charge in [-0.1, -0.05) is 72.8 Å². The third-order valence-corrected chi connectivity index (χ3v) is 5.61. The molecule has 3 N–H and O–H groups in total. The lowest BCUT2D eigenvalue weighted by Crippen LogP contribution is -2.29. The second kappa shape index (κ2) is 7.85. The highest BCUT2D eigenvalue weighted by Crippen LogP contribution is 2.27. The summed E-state index contributed by atoms with van der Waals surface area (Å²) in [6.07, 6.45) is 0. The molecule has 146 valence electrons. The van der Waals surface area contributed by atoms with Gasteiger partial charge in [0.05, 0.1) is 5.69 Å². The molecule has 1 amide bonds. The molecule has 2 heterocycles. The molecule has 5 aromatic rings. The number of carbonyl (C=O) groups excluding carboxylic acids is 1. The molecule has 0 saturated heterocycles. The summed E-state index contributed by atoms with van der Waals surface area (Å²) in [6, 6.07) is 28.2. The Bertz CT molecular complexity index is 1270. The van der Waals surface area contributed by atoms with Crippen molar-refractivity contribution in [2.45, 2.75) is 0 Å². The van der Waals surface area contributed by atoms with E-state index in [9.17, 15) is 4.79 Å². The van der Waals surface area contributed by atoms with Gasteiger partial charge < -0.3 is 4.98 Å². The van der Waals surface area contributed by atoms with Gasteiger partial charge in [0.15, 0.2) is 0 Å². The van der Waals surface area contributed by atoms with E-state index in [1.165, 1.54) is 22.5 Å². The molecule has 5 nitrogen and oxygen atoms in total. The lowest BCUT2D eigenvalue weighted by molar-refractivity contribution is 0.0958. The van der Waals surface area contributed by atoms with E-state index < -0.39 is 0 Å². The fourth-order valence-electron chi connectivity index (χ4n) is 3.30. The highest BCUT2D eigenvalue weighted by atomic mass is 32.1. The van der Waals surface area contributed by atoms with Crippen LogP contribution in [0.15, 0.2) is 90.3 Å². The van der Waals surface area contributed by atoms with Crippen molar-refractivity contribution in [3.8, 4) is 22.4 Å². The van der Waals surface area contributed by atoms with Crippen molar-refractivity contribution in [2.24, 2.45) is 0 Å². The highest BCUT2D eigenvalue weighted by molar-refractivity contribution is 7.14. The van der Waals surface area contributed by atoms with Crippen LogP contribution in [-0.2, 0) is 0 Å². The summed E-state index contributed by atoms with van der Waals surface area (Å²) in [4.78, 5) is 20.1. The van der Waals surface area contributed by atoms with Gasteiger partial charge in [-0.2, -0.15) is 0 Å². The first kappa shape index (κ1) is 18.1. The summed E-state index contributed by atoms with van der Waals surface area (Å²) in [7, 11) is 0. The molecule has 30 heavy (non-hydrogen) atoms. The Labute approximate surface area is 177 Å². The number of carbonyl (C=O) groups is 1. The maximum absolute atomic E-state index is 12.4. The standard InChI is InChI=1S/C24H18N4OS/c29-23(21-14-19-8-4-5-9-20(19)25-21)27-28-24-26-22(15-30-24)18-12-10-17(11-13-18)16-6-2-1-3-7-16/h1-15,25H,(H,26,28)(H,27,29). The zero-order valence-electron chi connectivity index (χ0n) is 15.9. The average molecular weight is 411 g/mol. The minimum absolute atomic E-state index is 0.241. The van der Waals surface area contributed by atoms with E-state index in [0.29, 0.717) is 10.8 Å². The fraction of sp³-hybridized carbons (Fsp3) is 0. The summed E-state index contributed by atoms with van der Waals surface area (Å²) in [6.45, 7) is 0. The molecule has 0 aliphatic rings. The Morgan fingerprint density at radius 3 is 2.33 bits per heavy atom. The van der Waals surface area contributed by atoms with E-state index in [1.54, 1.807) is 0 Å². The van der Waals surface area contributed by atoms with Gasteiger partial charge in [0.25, 0.3) is 5.91 Å². The van der Waals surface area contributed by atoms with Gasteiger partial charge in [-0.15, -0.1) is 11.3 Å². The number of benzene rings is 3. The van der Waals surface area contributed by atoms with E-state index >= 15 is 0 Å². The number of rotatable bonds is 5. The van der Waals surface area contributed by atoms with E-state index in [2.05, 4.69) is 57.2 Å². The van der Waals surface area contributed by atoms with Crippen LogP contribution in [0, 0.1) is 0 Å². The van der Waals surface area contributed by atoms with Gasteiger partial charge in [0.2, 0.25) is 5.13 Å².